The van der Waals surface area contributed by atoms with Crippen molar-refractivity contribution in [2.75, 3.05) is 0 Å². The molecule has 0 atom stereocenters. The first-order valence-corrected chi connectivity index (χ1v) is 42.1. The van der Waals surface area contributed by atoms with Gasteiger partial charge < -0.3 is 18.1 Å². The Balaban J connectivity index is 0.704. The fraction of sp³-hybridized carbons (Fsp3) is 0.00971. The van der Waals surface area contributed by atoms with Gasteiger partial charge in [0.2, 0.25) is 0 Å². The summed E-state index contributed by atoms with van der Waals surface area (Å²) in [6, 6.07) is 115. The van der Waals surface area contributed by atoms with E-state index in [1.807, 2.05) is 62.8 Å². The number of hydrogen-bond donors (Lipinski definition) is 0. The van der Waals surface area contributed by atoms with Crippen LogP contribution in [0.1, 0.15) is 22.9 Å². The van der Waals surface area contributed by atoms with E-state index < -0.39 is 0 Å². The minimum absolute atomic E-state index is 0.872. The summed E-state index contributed by atoms with van der Waals surface area (Å²) in [6.45, 7) is 6.84. The molecule has 0 fully saturated rings. The van der Waals surface area contributed by atoms with Gasteiger partial charge in [-0.1, -0.05) is 213 Å². The van der Waals surface area contributed by atoms with E-state index in [0.717, 1.165) is 66.7 Å². The van der Waals surface area contributed by atoms with Crippen LogP contribution >= 0.6 is 56.7 Å². The Bertz CT molecular complexity index is 8830. The lowest BCUT2D eigenvalue weighted by atomic mass is 9.95. The number of rotatable bonds is 7. The van der Waals surface area contributed by atoms with E-state index in [0.29, 0.717) is 0 Å². The number of aromatic nitrogens is 3. The summed E-state index contributed by atoms with van der Waals surface area (Å²) in [6.07, 6.45) is 4.42. The molecule has 9 heteroatoms. The highest BCUT2D eigenvalue weighted by Crippen LogP contribution is 2.55. The van der Waals surface area contributed by atoms with E-state index in [4.69, 9.17) is 4.42 Å². The molecule has 0 bridgehead atoms. The number of thiophene rings is 5. The normalized spacial score (nSPS) is 12.8. The van der Waals surface area contributed by atoms with Gasteiger partial charge in [-0.05, 0) is 154 Å². The topological polar surface area (TPSA) is 27.9 Å². The first-order valence-electron chi connectivity index (χ1n) is 38.1. The maximum atomic E-state index is 6.59. The molecule has 0 aliphatic heterocycles. The average molecular weight is 1510 g/mol. The van der Waals surface area contributed by atoms with Crippen LogP contribution in [0, 0.1) is 0 Å². The molecule has 9 heterocycles. The standard InChI is InChI=1S/C103H57N3OS5/c1-3-62(101-63(4-2)80-53-84-79(54-93(80)112-101)78-46-55-20-5-6-21-56(55)48-83(78)104(84)59-38-42-66-65-22-11-15-32-85(65)107-86(66)50-59)58-36-41-75-82(49-58)105(60-39-43-69-67-23-12-16-33-87(67)108-91(69)51-60)100-94(75)71-25-7-8-26-72(71)96-81-47-57(37-45-90(81)111-103(96)100)64-30-19-31-77-97-99(74-28-10-9-27-73(74)95-76-29-14-18-35-89(76)110-102(95)97)106(98(64)77)61-40-44-70-68-24-13-17-34-88(68)109-92(70)52-61/h3-54H,2H2,1H3/b62-3-. The molecular weight excluding hydrogens is 1460 g/mol. The van der Waals surface area contributed by atoms with Crippen molar-refractivity contribution in [3.8, 4) is 28.2 Å². The van der Waals surface area contributed by atoms with Crippen molar-refractivity contribution in [3.63, 3.8) is 0 Å². The lowest BCUT2D eigenvalue weighted by Crippen LogP contribution is -1.96. The molecule has 112 heavy (non-hydrogen) atoms. The van der Waals surface area contributed by atoms with Crippen LogP contribution in [0.25, 0.3) is 250 Å². The molecule has 0 unspecified atom stereocenters. The van der Waals surface area contributed by atoms with E-state index in [1.54, 1.807) is 0 Å². The highest BCUT2D eigenvalue weighted by molar-refractivity contribution is 7.28. The summed E-state index contributed by atoms with van der Waals surface area (Å²) in [5, 5.41) is 28.7. The Morgan fingerprint density at radius 1 is 0.304 bits per heavy atom. The molecule has 0 saturated heterocycles. The fourth-order valence-corrected chi connectivity index (χ4v) is 25.6. The van der Waals surface area contributed by atoms with Gasteiger partial charge in [0.25, 0.3) is 0 Å². The molecule has 9 aromatic heterocycles. The first kappa shape index (κ1) is 61.9. The van der Waals surface area contributed by atoms with E-state index in [1.165, 1.54) is 194 Å². The summed E-state index contributed by atoms with van der Waals surface area (Å²) in [5.74, 6) is 0. The SMILES string of the molecule is C=Cc1c(/C(=C\C)c2ccc3c4c5ccccc5c5c6cc(-c7cccc8c9c%10sc%11ccccc%11c%10c%10ccccc%10c9n(-c9ccc%10c(c9)sc9ccccc9%10)c78)ccc6sc5c4n(-c4ccc5c(c4)sc4ccccc45)c3c2)sc2cc3c4cc5ccccc5cc4n(-c4ccc5c(c4)oc4ccccc45)c3cc12. The Morgan fingerprint density at radius 3 is 1.58 bits per heavy atom. The Hall–Kier alpha value is -13.0. The molecule has 0 radical (unpaired) electrons. The molecule has 0 aliphatic rings. The first-order chi connectivity index (χ1) is 55.4. The molecule has 26 aromatic rings. The van der Waals surface area contributed by atoms with Gasteiger partial charge in [0.1, 0.15) is 11.2 Å². The van der Waals surface area contributed by atoms with Crippen molar-refractivity contribution in [1.29, 1.82) is 0 Å². The third-order valence-corrected chi connectivity index (χ3v) is 30.1. The van der Waals surface area contributed by atoms with Crippen LogP contribution in [0.15, 0.2) is 320 Å². The van der Waals surface area contributed by atoms with E-state index >= 15 is 0 Å². The summed E-state index contributed by atoms with van der Waals surface area (Å²) in [4.78, 5) is 1.20. The third kappa shape index (κ3) is 8.37. The van der Waals surface area contributed by atoms with Gasteiger partial charge in [0.05, 0.1) is 37.8 Å². The van der Waals surface area contributed by atoms with E-state index in [9.17, 15) is 0 Å². The quantitative estimate of drug-likeness (QED) is 0.156. The highest BCUT2D eigenvalue weighted by atomic mass is 32.1. The largest absolute Gasteiger partial charge is 0.456 e. The number of nitrogens with zero attached hydrogens (tertiary/aromatic N) is 3. The Kier molecular flexibility index (Phi) is 12.6. The van der Waals surface area contributed by atoms with Crippen molar-refractivity contribution in [2.24, 2.45) is 0 Å². The van der Waals surface area contributed by atoms with Crippen LogP contribution in [0.5, 0.6) is 0 Å². The molecule has 0 N–H and O–H groups in total. The zero-order valence-corrected chi connectivity index (χ0v) is 64.1. The second-order valence-electron chi connectivity index (χ2n) is 30.0. The third-order valence-electron chi connectivity index (χ3n) is 24.3. The maximum Gasteiger partial charge on any atom is 0.137 e. The van der Waals surface area contributed by atoms with Gasteiger partial charge >= 0.3 is 0 Å². The van der Waals surface area contributed by atoms with Gasteiger partial charge in [-0.2, -0.15) is 0 Å². The van der Waals surface area contributed by atoms with Crippen LogP contribution < -0.4 is 0 Å². The Labute approximate surface area is 658 Å². The molecule has 0 saturated carbocycles. The maximum absolute atomic E-state index is 6.59. The molecule has 4 nitrogen and oxygen atoms in total. The van der Waals surface area contributed by atoms with Crippen molar-refractivity contribution < 1.29 is 4.42 Å². The summed E-state index contributed by atoms with van der Waals surface area (Å²) >= 11 is 9.49. The average Bonchev–Trinajstić information content (AvgIpc) is 1.53. The number of benzene rings is 17. The van der Waals surface area contributed by atoms with Gasteiger partial charge in [-0.3, -0.25) is 0 Å². The summed E-state index contributed by atoms with van der Waals surface area (Å²) in [7, 11) is 0. The number of furan rings is 1. The van der Waals surface area contributed by atoms with E-state index in [-0.39, 0.29) is 0 Å². The highest BCUT2D eigenvalue weighted by Gasteiger charge is 2.29. The van der Waals surface area contributed by atoms with Gasteiger partial charge in [0.15, 0.2) is 0 Å². The van der Waals surface area contributed by atoms with Crippen LogP contribution in [-0.2, 0) is 0 Å². The number of fused-ring (bicyclic) bond motifs is 34. The van der Waals surface area contributed by atoms with Crippen molar-refractivity contribution in [1.82, 2.24) is 13.7 Å². The van der Waals surface area contributed by atoms with E-state index in [2.05, 4.69) is 337 Å². The van der Waals surface area contributed by atoms with Crippen molar-refractivity contribution in [2.45, 2.75) is 6.92 Å². The van der Waals surface area contributed by atoms with Crippen LogP contribution in [-0.4, -0.2) is 13.7 Å². The van der Waals surface area contributed by atoms with Crippen LogP contribution in [0.3, 0.4) is 0 Å². The predicted octanol–water partition coefficient (Wildman–Crippen LogP) is 31.8. The molecule has 520 valence electrons. The lowest BCUT2D eigenvalue weighted by Gasteiger charge is -2.14. The molecule has 26 rings (SSSR count). The zero-order chi connectivity index (χ0) is 73.0. The second kappa shape index (κ2) is 22.8. The summed E-state index contributed by atoms with van der Waals surface area (Å²) in [5.41, 5.74) is 18.1. The van der Waals surface area contributed by atoms with Gasteiger partial charge in [-0.25, -0.2) is 0 Å². The minimum Gasteiger partial charge on any atom is -0.456 e. The van der Waals surface area contributed by atoms with Crippen molar-refractivity contribution >= 4 is 279 Å². The molecule has 0 spiro atoms. The molecule has 17 aromatic carbocycles. The minimum atomic E-state index is 0.872. The zero-order valence-electron chi connectivity index (χ0n) is 60.0. The predicted molar refractivity (Wildman–Crippen MR) is 491 cm³/mol. The van der Waals surface area contributed by atoms with Crippen LogP contribution in [0.2, 0.25) is 0 Å². The summed E-state index contributed by atoms with van der Waals surface area (Å²) < 4.78 is 25.8. The lowest BCUT2D eigenvalue weighted by molar-refractivity contribution is 0.668. The monoisotopic (exact) mass is 1510 g/mol. The van der Waals surface area contributed by atoms with Crippen LogP contribution in [0.4, 0.5) is 0 Å². The molecule has 0 amide bonds. The fourth-order valence-electron chi connectivity index (χ4n) is 19.5. The Morgan fingerprint density at radius 2 is 0.839 bits per heavy atom. The number of allylic oxidation sites excluding steroid dienone is 1. The smallest absolute Gasteiger partial charge is 0.137 e. The van der Waals surface area contributed by atoms with Gasteiger partial charge in [-0.15, -0.1) is 56.7 Å². The number of hydrogen-bond acceptors (Lipinski definition) is 6. The molecule has 0 aliphatic carbocycles. The molecular formula is C103H57N3OS5. The second-order valence-corrected chi connectivity index (χ2v) is 35.3. The van der Waals surface area contributed by atoms with Crippen molar-refractivity contribution in [3.05, 3.63) is 332 Å². The van der Waals surface area contributed by atoms with Gasteiger partial charge in [0, 0.05) is 174 Å². The number of para-hydroxylation sites is 2.